The van der Waals surface area contributed by atoms with E-state index in [4.69, 9.17) is 28.4 Å². The first-order chi connectivity index (χ1) is 17.1. The molecule has 0 N–H and O–H groups in total. The fourth-order valence-corrected chi connectivity index (χ4v) is 2.63. The maximum absolute atomic E-state index is 12.3. The highest BCUT2D eigenvalue weighted by molar-refractivity contribution is 5.72. The highest BCUT2D eigenvalue weighted by Crippen LogP contribution is 2.22. The summed E-state index contributed by atoms with van der Waals surface area (Å²) in [6.45, 7) is 8.09. The molecule has 0 aromatic heterocycles. The number of ether oxygens (including phenoxy) is 6. The van der Waals surface area contributed by atoms with Gasteiger partial charge in [-0.05, 0) is 0 Å². The molecule has 0 aliphatic rings. The summed E-state index contributed by atoms with van der Waals surface area (Å²) < 4.78 is 32.0. The van der Waals surface area contributed by atoms with Crippen LogP contribution in [0.15, 0.2) is 0 Å². The first-order valence-corrected chi connectivity index (χ1v) is 12.2. The van der Waals surface area contributed by atoms with E-state index in [-0.39, 0.29) is 38.5 Å². The summed E-state index contributed by atoms with van der Waals surface area (Å²) >= 11 is 0. The van der Waals surface area contributed by atoms with E-state index in [1.165, 1.54) is 27.7 Å². The maximum atomic E-state index is 12.3. The molecule has 0 fully saturated rings. The summed E-state index contributed by atoms with van der Waals surface area (Å²) in [6, 6.07) is 0. The molecule has 0 unspecified atom stereocenters. The van der Waals surface area contributed by atoms with Gasteiger partial charge in [-0.2, -0.15) is 0 Å². The maximum Gasteiger partial charge on any atom is 0.306 e. The van der Waals surface area contributed by atoms with E-state index in [0.717, 1.165) is 0 Å². The van der Waals surface area contributed by atoms with Crippen molar-refractivity contribution in [2.24, 2.45) is 0 Å². The summed E-state index contributed by atoms with van der Waals surface area (Å²) in [5.41, 5.74) is 0. The Bertz CT molecular complexity index is 685. The number of hydrogen-bond acceptors (Lipinski definition) is 12. The van der Waals surface area contributed by atoms with Crippen LogP contribution in [0.5, 0.6) is 0 Å². The normalized spacial score (nSPS) is 13.8. The first kappa shape index (κ1) is 32.8. The molecule has 0 saturated carbocycles. The van der Waals surface area contributed by atoms with E-state index < -0.39 is 73.4 Å². The van der Waals surface area contributed by atoms with Crippen LogP contribution in [0.2, 0.25) is 0 Å². The third kappa shape index (κ3) is 12.5. The van der Waals surface area contributed by atoms with E-state index in [2.05, 4.69) is 0 Å². The molecule has 0 aliphatic heterocycles. The number of hydrogen-bond donors (Lipinski definition) is 0. The van der Waals surface area contributed by atoms with Gasteiger partial charge in [0.2, 0.25) is 0 Å². The molecule has 36 heavy (non-hydrogen) atoms. The average Bonchev–Trinajstić information content (AvgIpc) is 2.89. The van der Waals surface area contributed by atoms with Gasteiger partial charge in [-0.3, -0.25) is 28.8 Å². The third-order valence-electron chi connectivity index (χ3n) is 4.71. The molecular formula is C24H38O12. The molecule has 0 aromatic carbocycles. The van der Waals surface area contributed by atoms with Crippen LogP contribution in [-0.2, 0) is 57.2 Å². The number of carbonyl (C=O) groups excluding carboxylic acids is 6. The molecule has 12 heteroatoms. The quantitative estimate of drug-likeness (QED) is 0.204. The van der Waals surface area contributed by atoms with Crippen LogP contribution < -0.4 is 0 Å². The third-order valence-corrected chi connectivity index (χ3v) is 4.71. The average molecular weight is 519 g/mol. The monoisotopic (exact) mass is 518 g/mol. The second kappa shape index (κ2) is 18.1. The Hall–Kier alpha value is -3.18. The molecule has 0 heterocycles. The molecule has 0 aromatic rings. The lowest BCUT2D eigenvalue weighted by Crippen LogP contribution is -2.54. The Kier molecular flexibility index (Phi) is 16.5. The van der Waals surface area contributed by atoms with Crippen molar-refractivity contribution in [3.8, 4) is 0 Å². The minimum Gasteiger partial charge on any atom is -0.462 e. The summed E-state index contributed by atoms with van der Waals surface area (Å²) in [4.78, 5) is 72.7. The van der Waals surface area contributed by atoms with Gasteiger partial charge in [-0.25, -0.2) is 0 Å². The molecule has 0 amide bonds. The predicted octanol–water partition coefficient (Wildman–Crippen LogP) is 2.18. The first-order valence-electron chi connectivity index (χ1n) is 12.2. The van der Waals surface area contributed by atoms with Crippen molar-refractivity contribution in [1.82, 2.24) is 0 Å². The van der Waals surface area contributed by atoms with Crippen LogP contribution in [0, 0.1) is 0 Å². The van der Waals surface area contributed by atoms with Crippen molar-refractivity contribution in [2.75, 3.05) is 13.2 Å². The van der Waals surface area contributed by atoms with Crippen LogP contribution in [0.3, 0.4) is 0 Å². The van der Waals surface area contributed by atoms with Crippen molar-refractivity contribution >= 4 is 35.8 Å². The Labute approximate surface area is 211 Å². The highest BCUT2D eigenvalue weighted by atomic mass is 16.6. The van der Waals surface area contributed by atoms with Crippen molar-refractivity contribution in [1.29, 1.82) is 0 Å². The Morgan fingerprint density at radius 3 is 0.917 bits per heavy atom. The molecule has 4 atom stereocenters. The van der Waals surface area contributed by atoms with E-state index >= 15 is 0 Å². The van der Waals surface area contributed by atoms with Gasteiger partial charge in [0.1, 0.15) is 13.2 Å². The van der Waals surface area contributed by atoms with E-state index in [0.29, 0.717) is 0 Å². The second-order valence-corrected chi connectivity index (χ2v) is 7.45. The van der Waals surface area contributed by atoms with Gasteiger partial charge in [0, 0.05) is 38.5 Å². The topological polar surface area (TPSA) is 158 Å². The molecule has 0 spiro atoms. The smallest absolute Gasteiger partial charge is 0.306 e. The van der Waals surface area contributed by atoms with Gasteiger partial charge in [-0.1, -0.05) is 41.5 Å². The lowest BCUT2D eigenvalue weighted by molar-refractivity contribution is -0.209. The lowest BCUT2D eigenvalue weighted by Gasteiger charge is -2.35. The second-order valence-electron chi connectivity index (χ2n) is 7.45. The van der Waals surface area contributed by atoms with Gasteiger partial charge in [0.05, 0.1) is 0 Å². The number of rotatable bonds is 17. The van der Waals surface area contributed by atoms with Crippen molar-refractivity contribution < 1.29 is 57.2 Å². The van der Waals surface area contributed by atoms with Gasteiger partial charge >= 0.3 is 35.8 Å². The zero-order valence-corrected chi connectivity index (χ0v) is 21.9. The van der Waals surface area contributed by atoms with Crippen LogP contribution >= 0.6 is 0 Å². The van der Waals surface area contributed by atoms with E-state index in [1.54, 1.807) is 13.8 Å². The predicted molar refractivity (Wildman–Crippen MR) is 123 cm³/mol. The van der Waals surface area contributed by atoms with Gasteiger partial charge in [0.25, 0.3) is 0 Å². The molecule has 0 saturated heterocycles. The minimum absolute atomic E-state index is 0.0197. The molecule has 206 valence electrons. The standard InChI is InChI=1S/C24H38O12/c1-7-17(25)31-13-15(33-19(27)9-3)23(35-21(29)11-5)24(36-22(30)12-6)16(34-20(28)10-4)14-32-18(26)8-2/h15-16,23-24H,7-14H2,1-6H3/t15-,16+,23-,24-/m1/s1. The van der Waals surface area contributed by atoms with E-state index in [1.807, 2.05) is 0 Å². The summed E-state index contributed by atoms with van der Waals surface area (Å²) in [5.74, 6) is -4.21. The molecule has 0 radical (unpaired) electrons. The van der Waals surface area contributed by atoms with Gasteiger partial charge in [0.15, 0.2) is 24.4 Å². The minimum atomic E-state index is -1.57. The largest absolute Gasteiger partial charge is 0.462 e. The fraction of sp³-hybridized carbons (Fsp3) is 0.750. The summed E-state index contributed by atoms with van der Waals surface area (Å²) in [7, 11) is 0. The van der Waals surface area contributed by atoms with Gasteiger partial charge in [-0.15, -0.1) is 0 Å². The Morgan fingerprint density at radius 2 is 0.667 bits per heavy atom. The summed E-state index contributed by atoms with van der Waals surface area (Å²) in [5, 5.41) is 0. The van der Waals surface area contributed by atoms with Crippen LogP contribution in [0.25, 0.3) is 0 Å². The van der Waals surface area contributed by atoms with Gasteiger partial charge < -0.3 is 28.4 Å². The van der Waals surface area contributed by atoms with Crippen molar-refractivity contribution in [3.05, 3.63) is 0 Å². The molecule has 0 rings (SSSR count). The van der Waals surface area contributed by atoms with E-state index in [9.17, 15) is 28.8 Å². The molecule has 0 aliphatic carbocycles. The summed E-state index contributed by atoms with van der Waals surface area (Å²) in [6.07, 6.45) is -6.27. The van der Waals surface area contributed by atoms with Crippen molar-refractivity contribution in [3.63, 3.8) is 0 Å². The van der Waals surface area contributed by atoms with Crippen LogP contribution in [0.4, 0.5) is 0 Å². The zero-order valence-electron chi connectivity index (χ0n) is 21.9. The lowest BCUT2D eigenvalue weighted by atomic mass is 10.0. The van der Waals surface area contributed by atoms with Crippen LogP contribution in [0.1, 0.15) is 80.1 Å². The fourth-order valence-electron chi connectivity index (χ4n) is 2.63. The number of esters is 6. The Balaban J connectivity index is 6.59. The van der Waals surface area contributed by atoms with Crippen molar-refractivity contribution in [2.45, 2.75) is 104 Å². The SMILES string of the molecule is CCC(=O)OC[C@H](OC(=O)CC)[C@@H](OC(=O)CC)[C@H](OC(=O)CC)[C@@H](COC(=O)CC)OC(=O)CC. The zero-order chi connectivity index (χ0) is 27.7. The highest BCUT2D eigenvalue weighted by Gasteiger charge is 2.45. The molecule has 0 bridgehead atoms. The molecule has 12 nitrogen and oxygen atoms in total. The molecular weight excluding hydrogens is 480 g/mol. The Morgan fingerprint density at radius 1 is 0.417 bits per heavy atom. The van der Waals surface area contributed by atoms with Crippen LogP contribution in [-0.4, -0.2) is 73.4 Å². The number of carbonyl (C=O) groups is 6.